The van der Waals surface area contributed by atoms with Crippen LogP contribution in [-0.4, -0.2) is 34.2 Å². The Morgan fingerprint density at radius 1 is 1.23 bits per heavy atom. The maximum absolute atomic E-state index is 12.5. The van der Waals surface area contributed by atoms with Crippen LogP contribution in [0.5, 0.6) is 5.75 Å². The predicted octanol–water partition coefficient (Wildman–Crippen LogP) is 3.37. The fourth-order valence-electron chi connectivity index (χ4n) is 2.44. The summed E-state index contributed by atoms with van der Waals surface area (Å²) in [6.45, 7) is 3.22. The van der Waals surface area contributed by atoms with E-state index in [-0.39, 0.29) is 6.54 Å². The van der Waals surface area contributed by atoms with Crippen molar-refractivity contribution in [1.29, 1.82) is 0 Å². The van der Waals surface area contributed by atoms with Crippen molar-refractivity contribution in [1.82, 2.24) is 0 Å². The average molecular weight is 397 g/mol. The molecule has 6 nitrogen and oxygen atoms in total. The van der Waals surface area contributed by atoms with Crippen molar-refractivity contribution in [2.24, 2.45) is 0 Å². The Bertz CT molecular complexity index is 929. The minimum absolute atomic E-state index is 0.313. The molecular formula is C18H21ClN2O4S. The third-order valence-electron chi connectivity index (χ3n) is 3.83. The zero-order chi connectivity index (χ0) is 19.5. The number of hydrogen-bond acceptors (Lipinski definition) is 4. The van der Waals surface area contributed by atoms with Crippen LogP contribution in [0.4, 0.5) is 11.4 Å². The zero-order valence-corrected chi connectivity index (χ0v) is 16.6. The lowest BCUT2D eigenvalue weighted by Crippen LogP contribution is -2.37. The van der Waals surface area contributed by atoms with Gasteiger partial charge in [0.2, 0.25) is 15.9 Å². The van der Waals surface area contributed by atoms with E-state index in [0.29, 0.717) is 27.7 Å². The highest BCUT2D eigenvalue weighted by Crippen LogP contribution is 2.31. The normalized spacial score (nSPS) is 11.1. The Labute approximate surface area is 158 Å². The van der Waals surface area contributed by atoms with Crippen LogP contribution in [0.1, 0.15) is 11.1 Å². The topological polar surface area (TPSA) is 75.7 Å². The van der Waals surface area contributed by atoms with Crippen molar-refractivity contribution >= 4 is 38.9 Å². The third-order valence-corrected chi connectivity index (χ3v) is 5.37. The van der Waals surface area contributed by atoms with Gasteiger partial charge in [-0.3, -0.25) is 9.10 Å². The molecule has 0 atom stereocenters. The first kappa shape index (κ1) is 20.1. The second-order valence-corrected chi connectivity index (χ2v) is 8.22. The number of methoxy groups -OCH3 is 1. The van der Waals surface area contributed by atoms with E-state index in [1.807, 2.05) is 6.92 Å². The largest absolute Gasteiger partial charge is 0.495 e. The van der Waals surface area contributed by atoms with Crippen LogP contribution in [0.3, 0.4) is 0 Å². The molecule has 0 saturated heterocycles. The summed E-state index contributed by atoms with van der Waals surface area (Å²) in [5.41, 5.74) is 2.40. The third kappa shape index (κ3) is 4.68. The SMILES string of the molecule is COc1ccc(C)cc1N(CC(=O)Nc1cccc(Cl)c1C)S(C)(=O)=O. The summed E-state index contributed by atoms with van der Waals surface area (Å²) in [4.78, 5) is 12.5. The lowest BCUT2D eigenvalue weighted by atomic mass is 10.2. The van der Waals surface area contributed by atoms with Gasteiger partial charge in [0.15, 0.2) is 0 Å². The summed E-state index contributed by atoms with van der Waals surface area (Å²) in [5.74, 6) is -0.114. The molecule has 2 aromatic carbocycles. The number of carbonyl (C=O) groups is 1. The van der Waals surface area contributed by atoms with E-state index in [4.69, 9.17) is 16.3 Å². The molecule has 0 aliphatic heterocycles. The van der Waals surface area contributed by atoms with Crippen LogP contribution in [0, 0.1) is 13.8 Å². The fourth-order valence-corrected chi connectivity index (χ4v) is 3.47. The molecule has 0 aliphatic rings. The van der Waals surface area contributed by atoms with Gasteiger partial charge < -0.3 is 10.1 Å². The maximum atomic E-state index is 12.5. The number of carbonyl (C=O) groups excluding carboxylic acids is 1. The zero-order valence-electron chi connectivity index (χ0n) is 15.0. The second-order valence-electron chi connectivity index (χ2n) is 5.91. The highest BCUT2D eigenvalue weighted by molar-refractivity contribution is 7.92. The number of ether oxygens (including phenoxy) is 1. The van der Waals surface area contributed by atoms with E-state index < -0.39 is 15.9 Å². The highest BCUT2D eigenvalue weighted by atomic mass is 35.5. The standard InChI is InChI=1S/C18H21ClN2O4S/c1-12-8-9-17(25-3)16(10-12)21(26(4,23)24)11-18(22)20-15-7-5-6-14(19)13(15)2/h5-10H,11H2,1-4H3,(H,20,22). The summed E-state index contributed by atoms with van der Waals surface area (Å²) in [7, 11) is -2.26. The van der Waals surface area contributed by atoms with Gasteiger partial charge in [0.05, 0.1) is 19.1 Å². The second kappa shape index (κ2) is 7.97. The Kier molecular flexibility index (Phi) is 6.15. The Hall–Kier alpha value is -2.25. The van der Waals surface area contributed by atoms with Crippen molar-refractivity contribution in [3.63, 3.8) is 0 Å². The van der Waals surface area contributed by atoms with Crippen molar-refractivity contribution in [2.45, 2.75) is 13.8 Å². The maximum Gasteiger partial charge on any atom is 0.245 e. The van der Waals surface area contributed by atoms with Gasteiger partial charge in [-0.1, -0.05) is 23.7 Å². The Balaban J connectivity index is 2.34. The Morgan fingerprint density at radius 3 is 2.54 bits per heavy atom. The first-order valence-electron chi connectivity index (χ1n) is 7.81. The van der Waals surface area contributed by atoms with Gasteiger partial charge in [0, 0.05) is 10.7 Å². The fraction of sp³-hybridized carbons (Fsp3) is 0.278. The van der Waals surface area contributed by atoms with Crippen LogP contribution in [-0.2, 0) is 14.8 Å². The number of nitrogens with one attached hydrogen (secondary N) is 1. The van der Waals surface area contributed by atoms with Crippen LogP contribution in [0.15, 0.2) is 36.4 Å². The summed E-state index contributed by atoms with van der Waals surface area (Å²) in [6.07, 6.45) is 1.05. The molecule has 0 aromatic heterocycles. The van der Waals surface area contributed by atoms with Gasteiger partial charge >= 0.3 is 0 Å². The predicted molar refractivity (Wildman–Crippen MR) is 105 cm³/mol. The average Bonchev–Trinajstić information content (AvgIpc) is 2.56. The van der Waals surface area contributed by atoms with Crippen LogP contribution < -0.4 is 14.4 Å². The molecule has 0 heterocycles. The molecule has 1 amide bonds. The van der Waals surface area contributed by atoms with Gasteiger partial charge in [-0.25, -0.2) is 8.42 Å². The molecule has 26 heavy (non-hydrogen) atoms. The molecule has 8 heteroatoms. The molecule has 1 N–H and O–H groups in total. The van der Waals surface area contributed by atoms with Gasteiger partial charge in [0.25, 0.3) is 0 Å². The summed E-state index contributed by atoms with van der Waals surface area (Å²) >= 11 is 6.05. The minimum atomic E-state index is -3.71. The van der Waals surface area contributed by atoms with E-state index in [0.717, 1.165) is 16.1 Å². The number of amides is 1. The number of nitrogens with zero attached hydrogens (tertiary/aromatic N) is 1. The van der Waals surface area contributed by atoms with E-state index in [1.165, 1.54) is 7.11 Å². The van der Waals surface area contributed by atoms with Gasteiger partial charge in [0.1, 0.15) is 12.3 Å². The number of benzene rings is 2. The van der Waals surface area contributed by atoms with Crippen LogP contribution in [0.2, 0.25) is 5.02 Å². The molecule has 0 radical (unpaired) electrons. The van der Waals surface area contributed by atoms with Crippen molar-refractivity contribution in [3.8, 4) is 5.75 Å². The molecule has 0 saturated carbocycles. The molecule has 2 aromatic rings. The smallest absolute Gasteiger partial charge is 0.245 e. The Morgan fingerprint density at radius 2 is 1.92 bits per heavy atom. The minimum Gasteiger partial charge on any atom is -0.495 e. The first-order chi connectivity index (χ1) is 12.1. The molecule has 0 spiro atoms. The summed E-state index contributed by atoms with van der Waals surface area (Å²) in [5, 5.41) is 3.22. The summed E-state index contributed by atoms with van der Waals surface area (Å²) < 4.78 is 30.9. The quantitative estimate of drug-likeness (QED) is 0.812. The number of anilines is 2. The van der Waals surface area contributed by atoms with Gasteiger partial charge in [-0.2, -0.15) is 0 Å². The number of aryl methyl sites for hydroxylation is 1. The summed E-state index contributed by atoms with van der Waals surface area (Å²) in [6, 6.07) is 10.3. The van der Waals surface area contributed by atoms with E-state index in [1.54, 1.807) is 43.3 Å². The molecule has 2 rings (SSSR count). The first-order valence-corrected chi connectivity index (χ1v) is 10.0. The van der Waals surface area contributed by atoms with E-state index >= 15 is 0 Å². The number of sulfonamides is 1. The molecule has 140 valence electrons. The van der Waals surface area contributed by atoms with E-state index in [9.17, 15) is 13.2 Å². The van der Waals surface area contributed by atoms with Crippen LogP contribution >= 0.6 is 11.6 Å². The molecule has 0 fully saturated rings. The lowest BCUT2D eigenvalue weighted by Gasteiger charge is -2.24. The number of hydrogen-bond donors (Lipinski definition) is 1. The van der Waals surface area contributed by atoms with Crippen LogP contribution in [0.25, 0.3) is 0 Å². The monoisotopic (exact) mass is 396 g/mol. The molecule has 0 unspecified atom stereocenters. The van der Waals surface area contributed by atoms with Crippen molar-refractivity contribution in [2.75, 3.05) is 29.5 Å². The van der Waals surface area contributed by atoms with Crippen molar-refractivity contribution < 1.29 is 17.9 Å². The molecular weight excluding hydrogens is 376 g/mol. The van der Waals surface area contributed by atoms with Gasteiger partial charge in [-0.15, -0.1) is 0 Å². The van der Waals surface area contributed by atoms with Gasteiger partial charge in [-0.05, 0) is 49.2 Å². The highest BCUT2D eigenvalue weighted by Gasteiger charge is 2.24. The van der Waals surface area contributed by atoms with Crippen molar-refractivity contribution in [3.05, 3.63) is 52.5 Å². The van der Waals surface area contributed by atoms with E-state index in [2.05, 4.69) is 5.32 Å². The number of halogens is 1. The molecule has 0 aliphatic carbocycles. The lowest BCUT2D eigenvalue weighted by molar-refractivity contribution is -0.114. The number of rotatable bonds is 6. The molecule has 0 bridgehead atoms.